The highest BCUT2D eigenvalue weighted by Gasteiger charge is 2.53. The average Bonchev–Trinajstić information content (AvgIpc) is 2.72. The number of methoxy groups -OCH3 is 2. The zero-order valence-corrected chi connectivity index (χ0v) is 14.3. The number of hydrogen-bond acceptors (Lipinski definition) is 6. The van der Waals surface area contributed by atoms with E-state index in [0.717, 1.165) is 0 Å². The van der Waals surface area contributed by atoms with Crippen LogP contribution in [0.1, 0.15) is 48.4 Å². The van der Waals surface area contributed by atoms with Crippen LogP contribution in [-0.2, 0) is 18.8 Å². The number of benzene rings is 1. The van der Waals surface area contributed by atoms with Gasteiger partial charge in [0.25, 0.3) is 0 Å². The fraction of sp³-hybridized carbons (Fsp3) is 0.500. The van der Waals surface area contributed by atoms with Gasteiger partial charge in [-0.15, -0.1) is 0 Å². The van der Waals surface area contributed by atoms with Gasteiger partial charge in [0.05, 0.1) is 36.5 Å². The maximum atomic E-state index is 12.1. The Morgan fingerprint density at radius 1 is 0.913 bits per heavy atom. The molecule has 0 spiro atoms. The molecule has 1 saturated heterocycles. The zero-order valence-electron chi connectivity index (χ0n) is 14.3. The molecule has 1 aliphatic heterocycles. The van der Waals surface area contributed by atoms with Gasteiger partial charge >= 0.3 is 19.1 Å². The van der Waals surface area contributed by atoms with E-state index >= 15 is 0 Å². The third kappa shape index (κ3) is 2.98. The first-order valence-electron chi connectivity index (χ1n) is 7.30. The molecule has 0 N–H and O–H groups in total. The number of carbonyl (C=O) groups is 2. The van der Waals surface area contributed by atoms with E-state index < -0.39 is 30.3 Å². The average molecular weight is 320 g/mol. The number of carbonyl (C=O) groups excluding carboxylic acids is 2. The van der Waals surface area contributed by atoms with Gasteiger partial charge in [-0.25, -0.2) is 9.59 Å². The molecule has 6 nitrogen and oxygen atoms in total. The number of hydrogen-bond donors (Lipinski definition) is 0. The second kappa shape index (κ2) is 5.98. The molecule has 124 valence electrons. The molecule has 0 saturated carbocycles. The van der Waals surface area contributed by atoms with E-state index in [4.69, 9.17) is 18.8 Å². The normalized spacial score (nSPS) is 18.6. The highest BCUT2D eigenvalue weighted by molar-refractivity contribution is 6.65. The van der Waals surface area contributed by atoms with Crippen molar-refractivity contribution in [2.45, 2.75) is 38.9 Å². The van der Waals surface area contributed by atoms with Crippen LogP contribution in [0.5, 0.6) is 0 Å². The van der Waals surface area contributed by atoms with Gasteiger partial charge in [0.2, 0.25) is 0 Å². The third-order valence-electron chi connectivity index (χ3n) is 4.41. The highest BCUT2D eigenvalue weighted by atomic mass is 16.7. The SMILES string of the molecule is COC(=O)c1cccc(C(=O)OC)c1B1OC(C)(C)C(C)(C)O1. The largest absolute Gasteiger partial charge is 0.496 e. The summed E-state index contributed by atoms with van der Waals surface area (Å²) in [6, 6.07) is 4.73. The molecule has 0 radical (unpaired) electrons. The molecule has 0 amide bonds. The fourth-order valence-corrected chi connectivity index (χ4v) is 2.36. The van der Waals surface area contributed by atoms with E-state index in [1.165, 1.54) is 14.2 Å². The highest BCUT2D eigenvalue weighted by Crippen LogP contribution is 2.37. The number of rotatable bonds is 3. The minimum Gasteiger partial charge on any atom is -0.465 e. The zero-order chi connectivity index (χ0) is 17.4. The van der Waals surface area contributed by atoms with Gasteiger partial charge in [0.1, 0.15) is 0 Å². The van der Waals surface area contributed by atoms with Gasteiger partial charge in [-0.3, -0.25) is 0 Å². The summed E-state index contributed by atoms with van der Waals surface area (Å²) in [5, 5.41) is 0. The first kappa shape index (κ1) is 17.5. The number of ether oxygens (including phenoxy) is 2. The Bertz CT molecular complexity index is 587. The van der Waals surface area contributed by atoms with Crippen LogP contribution in [-0.4, -0.2) is 44.5 Å². The summed E-state index contributed by atoms with van der Waals surface area (Å²) in [7, 11) is 1.69. The third-order valence-corrected chi connectivity index (χ3v) is 4.41. The standard InChI is InChI=1S/C16H21BO6/c1-15(2)16(3,4)23-17(22-15)12-10(13(18)20-5)8-7-9-11(12)14(19)21-6/h7-9H,1-6H3. The molecule has 0 unspecified atom stereocenters. The van der Waals surface area contributed by atoms with Crippen LogP contribution in [0.25, 0.3) is 0 Å². The summed E-state index contributed by atoms with van der Waals surface area (Å²) >= 11 is 0. The molecule has 2 rings (SSSR count). The van der Waals surface area contributed by atoms with Crippen LogP contribution in [0.15, 0.2) is 18.2 Å². The van der Waals surface area contributed by atoms with Crippen LogP contribution >= 0.6 is 0 Å². The van der Waals surface area contributed by atoms with Crippen LogP contribution in [0.2, 0.25) is 0 Å². The lowest BCUT2D eigenvalue weighted by molar-refractivity contribution is 0.00578. The van der Waals surface area contributed by atoms with Crippen molar-refractivity contribution in [2.75, 3.05) is 14.2 Å². The van der Waals surface area contributed by atoms with Gasteiger partial charge in [-0.2, -0.15) is 0 Å². The van der Waals surface area contributed by atoms with Crippen LogP contribution in [0.4, 0.5) is 0 Å². The van der Waals surface area contributed by atoms with Crippen molar-refractivity contribution in [1.29, 1.82) is 0 Å². The Hall–Kier alpha value is -1.86. The topological polar surface area (TPSA) is 71.1 Å². The van der Waals surface area contributed by atoms with Crippen molar-refractivity contribution < 1.29 is 28.4 Å². The molecule has 7 heteroatoms. The Labute approximate surface area is 136 Å². The molecule has 0 atom stereocenters. The van der Waals surface area contributed by atoms with Crippen molar-refractivity contribution in [3.63, 3.8) is 0 Å². The first-order chi connectivity index (χ1) is 10.6. The first-order valence-corrected chi connectivity index (χ1v) is 7.30. The molecule has 0 aromatic heterocycles. The molecule has 1 fully saturated rings. The Morgan fingerprint density at radius 2 is 1.30 bits per heavy atom. The van der Waals surface area contributed by atoms with E-state index in [9.17, 15) is 9.59 Å². The maximum absolute atomic E-state index is 12.1. The summed E-state index contributed by atoms with van der Waals surface area (Å²) in [6.07, 6.45) is 0. The van der Waals surface area contributed by atoms with Crippen LogP contribution in [0.3, 0.4) is 0 Å². The van der Waals surface area contributed by atoms with E-state index in [1.807, 2.05) is 27.7 Å². The Kier molecular flexibility index (Phi) is 4.55. The monoisotopic (exact) mass is 320 g/mol. The second-order valence-electron chi connectivity index (χ2n) is 6.34. The molecule has 0 aliphatic carbocycles. The summed E-state index contributed by atoms with van der Waals surface area (Å²) in [5.74, 6) is -1.14. The predicted molar refractivity (Wildman–Crippen MR) is 84.8 cm³/mol. The van der Waals surface area contributed by atoms with E-state index in [0.29, 0.717) is 5.46 Å². The summed E-state index contributed by atoms with van der Waals surface area (Å²) in [6.45, 7) is 7.58. The maximum Gasteiger partial charge on any atom is 0.496 e. The van der Waals surface area contributed by atoms with Crippen LogP contribution < -0.4 is 5.46 Å². The molecular weight excluding hydrogens is 299 g/mol. The molecular formula is C16H21BO6. The van der Waals surface area contributed by atoms with E-state index in [2.05, 4.69) is 0 Å². The molecule has 23 heavy (non-hydrogen) atoms. The lowest BCUT2D eigenvalue weighted by Gasteiger charge is -2.32. The van der Waals surface area contributed by atoms with Gasteiger partial charge in [0, 0.05) is 5.46 Å². The summed E-state index contributed by atoms with van der Waals surface area (Å²) < 4.78 is 21.6. The summed E-state index contributed by atoms with van der Waals surface area (Å²) in [4.78, 5) is 24.2. The van der Waals surface area contributed by atoms with Crippen LogP contribution in [0, 0.1) is 0 Å². The Balaban J connectivity index is 2.60. The van der Waals surface area contributed by atoms with Crippen molar-refractivity contribution in [3.05, 3.63) is 29.3 Å². The van der Waals surface area contributed by atoms with E-state index in [-0.39, 0.29) is 11.1 Å². The molecule has 1 aromatic rings. The minimum absolute atomic E-state index is 0.217. The molecule has 1 heterocycles. The van der Waals surface area contributed by atoms with Crippen molar-refractivity contribution in [3.8, 4) is 0 Å². The quantitative estimate of drug-likeness (QED) is 0.622. The summed E-state index contributed by atoms with van der Waals surface area (Å²) in [5.41, 5.74) is -0.449. The number of esters is 2. The van der Waals surface area contributed by atoms with Gasteiger partial charge in [0.15, 0.2) is 0 Å². The van der Waals surface area contributed by atoms with Crippen molar-refractivity contribution >= 4 is 24.5 Å². The Morgan fingerprint density at radius 3 is 1.65 bits per heavy atom. The van der Waals surface area contributed by atoms with Gasteiger partial charge in [-0.1, -0.05) is 6.07 Å². The minimum atomic E-state index is -0.871. The van der Waals surface area contributed by atoms with Gasteiger partial charge < -0.3 is 18.8 Å². The molecule has 0 bridgehead atoms. The molecule has 1 aromatic carbocycles. The van der Waals surface area contributed by atoms with Crippen molar-refractivity contribution in [2.24, 2.45) is 0 Å². The molecule has 1 aliphatic rings. The smallest absolute Gasteiger partial charge is 0.465 e. The predicted octanol–water partition coefficient (Wildman–Crippen LogP) is 1.56. The van der Waals surface area contributed by atoms with Gasteiger partial charge in [-0.05, 0) is 39.8 Å². The second-order valence-corrected chi connectivity index (χ2v) is 6.34. The fourth-order valence-electron chi connectivity index (χ4n) is 2.36. The van der Waals surface area contributed by atoms with Crippen molar-refractivity contribution in [1.82, 2.24) is 0 Å². The van der Waals surface area contributed by atoms with E-state index in [1.54, 1.807) is 18.2 Å². The lowest BCUT2D eigenvalue weighted by Crippen LogP contribution is -2.42. The lowest BCUT2D eigenvalue weighted by atomic mass is 9.72.